The van der Waals surface area contributed by atoms with Gasteiger partial charge >= 0.3 is 5.97 Å². The zero-order valence-corrected chi connectivity index (χ0v) is 19.2. The van der Waals surface area contributed by atoms with Gasteiger partial charge in [-0.3, -0.25) is 10.1 Å². The highest BCUT2D eigenvalue weighted by Gasteiger charge is 2.27. The molecule has 7 nitrogen and oxygen atoms in total. The molecule has 0 unspecified atom stereocenters. The molecule has 2 aromatic rings. The number of aryl methyl sites for hydroxylation is 1. The van der Waals surface area contributed by atoms with Gasteiger partial charge in [0.15, 0.2) is 5.11 Å². The van der Waals surface area contributed by atoms with Crippen LogP contribution in [0.15, 0.2) is 24.3 Å². The Labute approximate surface area is 191 Å². The normalized spacial score (nSPS) is 12.6. The van der Waals surface area contributed by atoms with Crippen LogP contribution in [0, 0.1) is 0 Å². The summed E-state index contributed by atoms with van der Waals surface area (Å²) in [4.78, 5) is 26.5. The zero-order chi connectivity index (χ0) is 22.2. The van der Waals surface area contributed by atoms with Gasteiger partial charge < -0.3 is 19.5 Å². The lowest BCUT2D eigenvalue weighted by molar-refractivity contribution is 0.0526. The molecule has 1 aliphatic carbocycles. The first-order valence-corrected chi connectivity index (χ1v) is 11.4. The Balaban J connectivity index is 1.74. The molecule has 1 amide bonds. The highest BCUT2D eigenvalue weighted by atomic mass is 32.1. The van der Waals surface area contributed by atoms with Crippen molar-refractivity contribution in [3.63, 3.8) is 0 Å². The molecule has 3 rings (SSSR count). The first-order chi connectivity index (χ1) is 15.0. The molecule has 0 fully saturated rings. The van der Waals surface area contributed by atoms with Crippen LogP contribution in [0.4, 0.5) is 5.00 Å². The first kappa shape index (κ1) is 23.2. The minimum Gasteiger partial charge on any atom is -0.490 e. The Hall–Kier alpha value is -2.49. The van der Waals surface area contributed by atoms with Crippen molar-refractivity contribution in [3.05, 3.63) is 45.8 Å². The van der Waals surface area contributed by atoms with E-state index in [9.17, 15) is 9.59 Å². The number of carbonyl (C=O) groups excluding carboxylic acids is 2. The monoisotopic (exact) mass is 462 g/mol. The second-order valence-corrected chi connectivity index (χ2v) is 8.39. The molecular weight excluding hydrogens is 436 g/mol. The van der Waals surface area contributed by atoms with Crippen molar-refractivity contribution in [2.24, 2.45) is 0 Å². The number of fused-ring (bicyclic) bond motifs is 1. The fourth-order valence-electron chi connectivity index (χ4n) is 3.39. The van der Waals surface area contributed by atoms with Crippen molar-refractivity contribution < 1.29 is 23.8 Å². The van der Waals surface area contributed by atoms with Gasteiger partial charge in [0.25, 0.3) is 5.91 Å². The van der Waals surface area contributed by atoms with Gasteiger partial charge in [0.1, 0.15) is 17.4 Å². The molecule has 0 spiro atoms. The van der Waals surface area contributed by atoms with Gasteiger partial charge in [-0.25, -0.2) is 4.79 Å². The largest absolute Gasteiger partial charge is 0.490 e. The van der Waals surface area contributed by atoms with Crippen LogP contribution in [0.3, 0.4) is 0 Å². The Kier molecular flexibility index (Phi) is 8.39. The third-order valence-corrected chi connectivity index (χ3v) is 6.19. The van der Waals surface area contributed by atoms with Crippen LogP contribution in [0.25, 0.3) is 0 Å². The molecule has 0 saturated carbocycles. The third-order valence-electron chi connectivity index (χ3n) is 4.78. The van der Waals surface area contributed by atoms with Gasteiger partial charge in [-0.05, 0) is 62.5 Å². The van der Waals surface area contributed by atoms with Gasteiger partial charge in [-0.1, -0.05) is 12.1 Å². The minimum atomic E-state index is -0.399. The number of benzene rings is 1. The fraction of sp³-hybridized carbons (Fsp3) is 0.409. The minimum absolute atomic E-state index is 0.112. The van der Waals surface area contributed by atoms with Crippen molar-refractivity contribution in [2.75, 3.05) is 32.2 Å². The molecule has 1 aromatic carbocycles. The number of nitrogens with one attached hydrogen (secondary N) is 2. The molecule has 0 bridgehead atoms. The summed E-state index contributed by atoms with van der Waals surface area (Å²) in [5.41, 5.74) is 1.92. The molecule has 0 saturated heterocycles. The number of hydrogen-bond donors (Lipinski definition) is 2. The molecule has 1 heterocycles. The molecule has 0 aliphatic heterocycles. The number of carbonyl (C=O) groups is 2. The number of para-hydroxylation sites is 1. The third kappa shape index (κ3) is 5.81. The standard InChI is InChI=1S/C22H26N2O5S2/c1-3-28-21(26)18-15-9-5-7-11-17(15)31-20(18)24-22(30)23-19(25)14-8-4-6-10-16(14)29-13-12-27-2/h4,6,8,10H,3,5,7,9,11-13H2,1-2H3,(H2,23,24,25,30). The second kappa shape index (κ2) is 11.2. The van der Waals surface area contributed by atoms with E-state index in [1.165, 1.54) is 16.2 Å². The average molecular weight is 463 g/mol. The molecule has 0 atom stereocenters. The summed E-state index contributed by atoms with van der Waals surface area (Å²) in [5.74, 6) is -0.321. The van der Waals surface area contributed by atoms with Gasteiger partial charge in [-0.15, -0.1) is 11.3 Å². The second-order valence-electron chi connectivity index (χ2n) is 6.88. The summed E-state index contributed by atoms with van der Waals surface area (Å²) in [6.07, 6.45) is 3.90. The van der Waals surface area contributed by atoms with Crippen molar-refractivity contribution in [2.45, 2.75) is 32.6 Å². The van der Waals surface area contributed by atoms with E-state index in [0.29, 0.717) is 41.7 Å². The fourth-order valence-corrected chi connectivity index (χ4v) is 4.93. The lowest BCUT2D eigenvalue weighted by Gasteiger charge is -2.14. The van der Waals surface area contributed by atoms with Crippen molar-refractivity contribution in [3.8, 4) is 5.75 Å². The predicted octanol–water partition coefficient (Wildman–Crippen LogP) is 3.96. The molecule has 1 aromatic heterocycles. The summed E-state index contributed by atoms with van der Waals surface area (Å²) in [6.45, 7) is 2.81. The molecule has 9 heteroatoms. The molecular formula is C22H26N2O5S2. The van der Waals surface area contributed by atoms with Crippen LogP contribution in [0.5, 0.6) is 5.75 Å². The summed E-state index contributed by atoms with van der Waals surface area (Å²) >= 11 is 6.86. The van der Waals surface area contributed by atoms with E-state index >= 15 is 0 Å². The van der Waals surface area contributed by atoms with E-state index in [2.05, 4.69) is 10.6 Å². The molecule has 1 aliphatic rings. The zero-order valence-electron chi connectivity index (χ0n) is 17.6. The van der Waals surface area contributed by atoms with Crippen LogP contribution in [-0.4, -0.2) is 43.9 Å². The van der Waals surface area contributed by atoms with E-state index in [1.807, 2.05) is 0 Å². The number of thiophene rings is 1. The number of esters is 1. The van der Waals surface area contributed by atoms with E-state index in [0.717, 1.165) is 31.2 Å². The van der Waals surface area contributed by atoms with E-state index < -0.39 is 5.91 Å². The topological polar surface area (TPSA) is 85.9 Å². The highest BCUT2D eigenvalue weighted by Crippen LogP contribution is 2.38. The Bertz CT molecular complexity index is 957. The van der Waals surface area contributed by atoms with E-state index in [4.69, 9.17) is 26.4 Å². The maximum Gasteiger partial charge on any atom is 0.341 e. The first-order valence-electron chi connectivity index (χ1n) is 10.2. The number of amides is 1. The number of hydrogen-bond acceptors (Lipinski definition) is 7. The number of thiocarbonyl (C=S) groups is 1. The summed E-state index contributed by atoms with van der Waals surface area (Å²) in [7, 11) is 1.58. The molecule has 166 valence electrons. The highest BCUT2D eigenvalue weighted by molar-refractivity contribution is 7.80. The van der Waals surface area contributed by atoms with Crippen LogP contribution in [0.2, 0.25) is 0 Å². The van der Waals surface area contributed by atoms with Crippen LogP contribution >= 0.6 is 23.6 Å². The lowest BCUT2D eigenvalue weighted by Crippen LogP contribution is -2.34. The average Bonchev–Trinajstić information content (AvgIpc) is 3.12. The van der Waals surface area contributed by atoms with Crippen molar-refractivity contribution in [1.29, 1.82) is 0 Å². The summed E-state index contributed by atoms with van der Waals surface area (Å²) in [5, 5.41) is 6.44. The van der Waals surface area contributed by atoms with Gasteiger partial charge in [0.2, 0.25) is 0 Å². The molecule has 0 radical (unpaired) electrons. The van der Waals surface area contributed by atoms with Gasteiger partial charge in [0.05, 0.1) is 24.3 Å². The van der Waals surface area contributed by atoms with Crippen LogP contribution < -0.4 is 15.4 Å². The van der Waals surface area contributed by atoms with Crippen LogP contribution in [-0.2, 0) is 22.3 Å². The molecule has 2 N–H and O–H groups in total. The number of rotatable bonds is 8. The van der Waals surface area contributed by atoms with Gasteiger partial charge in [0, 0.05) is 12.0 Å². The number of methoxy groups -OCH3 is 1. The van der Waals surface area contributed by atoms with Crippen molar-refractivity contribution >= 4 is 45.5 Å². The Morgan fingerprint density at radius 2 is 1.94 bits per heavy atom. The van der Waals surface area contributed by atoms with E-state index in [-0.39, 0.29) is 11.1 Å². The number of ether oxygens (including phenoxy) is 3. The maximum atomic E-state index is 12.8. The maximum absolute atomic E-state index is 12.8. The van der Waals surface area contributed by atoms with Gasteiger partial charge in [-0.2, -0.15) is 0 Å². The van der Waals surface area contributed by atoms with Crippen molar-refractivity contribution in [1.82, 2.24) is 5.32 Å². The lowest BCUT2D eigenvalue weighted by atomic mass is 9.95. The Morgan fingerprint density at radius 3 is 2.71 bits per heavy atom. The Morgan fingerprint density at radius 1 is 1.16 bits per heavy atom. The quantitative estimate of drug-likeness (QED) is 0.349. The SMILES string of the molecule is CCOC(=O)c1c(NC(=S)NC(=O)c2ccccc2OCCOC)sc2c1CCCC2. The summed E-state index contributed by atoms with van der Waals surface area (Å²) < 4.78 is 15.9. The van der Waals surface area contributed by atoms with E-state index in [1.54, 1.807) is 38.3 Å². The predicted molar refractivity (Wildman–Crippen MR) is 124 cm³/mol. The smallest absolute Gasteiger partial charge is 0.341 e. The molecule has 31 heavy (non-hydrogen) atoms. The van der Waals surface area contributed by atoms with Crippen LogP contribution in [0.1, 0.15) is 50.9 Å². The summed E-state index contributed by atoms with van der Waals surface area (Å²) in [6, 6.07) is 6.92. The number of anilines is 1.